The topological polar surface area (TPSA) is 59.4 Å². The molecule has 1 N–H and O–H groups in total. The summed E-state index contributed by atoms with van der Waals surface area (Å²) < 4.78 is 7.62. The van der Waals surface area contributed by atoms with Gasteiger partial charge in [-0.15, -0.1) is 0 Å². The van der Waals surface area contributed by atoms with E-state index in [4.69, 9.17) is 4.74 Å². The van der Waals surface area contributed by atoms with Crippen LogP contribution in [0.15, 0.2) is 42.7 Å². The lowest BCUT2D eigenvalue weighted by molar-refractivity contribution is 0.175. The van der Waals surface area contributed by atoms with Gasteiger partial charge >= 0.3 is 6.03 Å². The molecule has 140 valence electrons. The average Bonchev–Trinajstić information content (AvgIpc) is 3.17. The fourth-order valence-corrected chi connectivity index (χ4v) is 3.16. The molecular formula is C20H28N4O2. The van der Waals surface area contributed by atoms with Crippen LogP contribution in [0.4, 0.5) is 10.5 Å². The lowest BCUT2D eigenvalue weighted by Crippen LogP contribution is -2.41. The van der Waals surface area contributed by atoms with Gasteiger partial charge in [0.1, 0.15) is 5.75 Å². The van der Waals surface area contributed by atoms with Gasteiger partial charge in [0.2, 0.25) is 0 Å². The van der Waals surface area contributed by atoms with Crippen molar-refractivity contribution in [3.05, 3.63) is 42.7 Å². The second-order valence-corrected chi connectivity index (χ2v) is 6.82. The molecule has 6 heteroatoms. The third-order valence-electron chi connectivity index (χ3n) is 4.78. The molecule has 0 bridgehead atoms. The Morgan fingerprint density at radius 2 is 2.04 bits per heavy atom. The zero-order valence-electron chi connectivity index (χ0n) is 15.4. The number of ether oxygens (including phenoxy) is 1. The molecule has 0 unspecified atom stereocenters. The van der Waals surface area contributed by atoms with E-state index in [0.29, 0.717) is 5.92 Å². The lowest BCUT2D eigenvalue weighted by Gasteiger charge is -2.32. The highest BCUT2D eigenvalue weighted by Crippen LogP contribution is 2.21. The van der Waals surface area contributed by atoms with Crippen molar-refractivity contribution in [2.24, 2.45) is 5.92 Å². The van der Waals surface area contributed by atoms with Crippen molar-refractivity contribution in [2.45, 2.75) is 39.2 Å². The molecule has 0 saturated carbocycles. The first kappa shape index (κ1) is 18.3. The Labute approximate surface area is 155 Å². The molecule has 6 nitrogen and oxygen atoms in total. The number of piperidine rings is 1. The number of unbranched alkanes of at least 4 members (excludes halogenated alkanes) is 1. The summed E-state index contributed by atoms with van der Waals surface area (Å²) in [5.41, 5.74) is 0.802. The quantitative estimate of drug-likeness (QED) is 0.763. The lowest BCUT2D eigenvalue weighted by atomic mass is 9.97. The summed E-state index contributed by atoms with van der Waals surface area (Å²) in [5, 5.41) is 7.24. The van der Waals surface area contributed by atoms with Gasteiger partial charge in [0, 0.05) is 37.7 Å². The van der Waals surface area contributed by atoms with Crippen molar-refractivity contribution < 1.29 is 9.53 Å². The van der Waals surface area contributed by atoms with Gasteiger partial charge in [0.25, 0.3) is 0 Å². The van der Waals surface area contributed by atoms with E-state index in [1.165, 1.54) is 0 Å². The van der Waals surface area contributed by atoms with Crippen molar-refractivity contribution in [1.82, 2.24) is 14.7 Å². The molecule has 2 aromatic rings. The molecule has 1 aliphatic rings. The number of nitrogens with one attached hydrogen (secondary N) is 1. The van der Waals surface area contributed by atoms with Gasteiger partial charge < -0.3 is 15.0 Å². The van der Waals surface area contributed by atoms with Crippen LogP contribution in [-0.2, 0) is 6.54 Å². The summed E-state index contributed by atoms with van der Waals surface area (Å²) in [6.07, 6.45) is 7.99. The molecule has 0 spiro atoms. The van der Waals surface area contributed by atoms with Gasteiger partial charge in [0.05, 0.1) is 6.61 Å². The highest BCUT2D eigenvalue weighted by Gasteiger charge is 2.23. The number of aromatic nitrogens is 2. The van der Waals surface area contributed by atoms with Crippen molar-refractivity contribution in [1.29, 1.82) is 0 Å². The Morgan fingerprint density at radius 3 is 2.69 bits per heavy atom. The molecule has 2 amide bonds. The zero-order chi connectivity index (χ0) is 18.2. The number of anilines is 1. The van der Waals surface area contributed by atoms with Crippen LogP contribution in [0.5, 0.6) is 5.75 Å². The van der Waals surface area contributed by atoms with E-state index in [0.717, 1.165) is 63.4 Å². The molecule has 1 aromatic carbocycles. The fourth-order valence-electron chi connectivity index (χ4n) is 3.16. The number of nitrogens with zero attached hydrogens (tertiary/aromatic N) is 3. The second-order valence-electron chi connectivity index (χ2n) is 6.82. The summed E-state index contributed by atoms with van der Waals surface area (Å²) in [6.45, 7) is 5.38. The number of hydrogen-bond donors (Lipinski definition) is 1. The van der Waals surface area contributed by atoms with E-state index in [2.05, 4.69) is 17.3 Å². The zero-order valence-corrected chi connectivity index (χ0v) is 15.4. The molecule has 1 aliphatic heterocycles. The monoisotopic (exact) mass is 356 g/mol. The van der Waals surface area contributed by atoms with Crippen LogP contribution >= 0.6 is 0 Å². The van der Waals surface area contributed by atoms with Gasteiger partial charge in [-0.2, -0.15) is 5.10 Å². The SMILES string of the molecule is CCCCOc1ccc(NC(=O)N2CCC(Cn3cccn3)CC2)cc1. The van der Waals surface area contributed by atoms with Crippen LogP contribution in [0, 0.1) is 5.92 Å². The summed E-state index contributed by atoms with van der Waals surface area (Å²) in [6, 6.07) is 9.52. The second kappa shape index (κ2) is 9.27. The van der Waals surface area contributed by atoms with E-state index in [-0.39, 0.29) is 6.03 Å². The first-order valence-electron chi connectivity index (χ1n) is 9.51. The molecule has 0 radical (unpaired) electrons. The van der Waals surface area contributed by atoms with E-state index in [1.807, 2.05) is 52.3 Å². The summed E-state index contributed by atoms with van der Waals surface area (Å²) in [5.74, 6) is 1.43. The van der Waals surface area contributed by atoms with Crippen LogP contribution in [0.2, 0.25) is 0 Å². The number of rotatable bonds is 7. The van der Waals surface area contributed by atoms with Crippen LogP contribution in [0.25, 0.3) is 0 Å². The smallest absolute Gasteiger partial charge is 0.321 e. The normalized spacial score (nSPS) is 15.0. The van der Waals surface area contributed by atoms with Gasteiger partial charge in [-0.1, -0.05) is 13.3 Å². The number of benzene rings is 1. The minimum atomic E-state index is -0.0257. The number of urea groups is 1. The van der Waals surface area contributed by atoms with Crippen molar-refractivity contribution in [3.8, 4) is 5.75 Å². The van der Waals surface area contributed by atoms with Crippen LogP contribution in [-0.4, -0.2) is 40.4 Å². The summed E-state index contributed by atoms with van der Waals surface area (Å²) >= 11 is 0. The Kier molecular flexibility index (Phi) is 6.52. The third kappa shape index (κ3) is 5.25. The Morgan fingerprint density at radius 1 is 1.27 bits per heavy atom. The predicted molar refractivity (Wildman–Crippen MR) is 102 cm³/mol. The van der Waals surface area contributed by atoms with Gasteiger partial charge in [-0.3, -0.25) is 4.68 Å². The number of likely N-dealkylation sites (tertiary alicyclic amines) is 1. The van der Waals surface area contributed by atoms with Gasteiger partial charge in [-0.25, -0.2) is 4.79 Å². The van der Waals surface area contributed by atoms with Gasteiger partial charge in [0.15, 0.2) is 0 Å². The van der Waals surface area contributed by atoms with Crippen LogP contribution in [0.1, 0.15) is 32.6 Å². The van der Waals surface area contributed by atoms with Crippen molar-refractivity contribution in [2.75, 3.05) is 25.0 Å². The third-order valence-corrected chi connectivity index (χ3v) is 4.78. The maximum atomic E-state index is 12.5. The standard InChI is InChI=1S/C20H28N4O2/c1-2-3-15-26-19-7-5-18(6-8-19)22-20(25)23-13-9-17(10-14-23)16-24-12-4-11-21-24/h4-8,11-12,17H,2-3,9-10,13-16H2,1H3,(H,22,25). The Bertz CT molecular complexity index is 662. The van der Waals surface area contributed by atoms with E-state index in [9.17, 15) is 4.79 Å². The van der Waals surface area contributed by atoms with Crippen molar-refractivity contribution >= 4 is 11.7 Å². The van der Waals surface area contributed by atoms with Crippen LogP contribution in [0.3, 0.4) is 0 Å². The minimum absolute atomic E-state index is 0.0257. The first-order chi connectivity index (χ1) is 12.7. The molecular weight excluding hydrogens is 328 g/mol. The van der Waals surface area contributed by atoms with Crippen molar-refractivity contribution in [3.63, 3.8) is 0 Å². The molecule has 1 saturated heterocycles. The summed E-state index contributed by atoms with van der Waals surface area (Å²) in [4.78, 5) is 14.3. The highest BCUT2D eigenvalue weighted by molar-refractivity contribution is 5.89. The fraction of sp³-hybridized carbons (Fsp3) is 0.500. The largest absolute Gasteiger partial charge is 0.494 e. The van der Waals surface area contributed by atoms with Gasteiger partial charge in [-0.05, 0) is 55.5 Å². The summed E-state index contributed by atoms with van der Waals surface area (Å²) in [7, 11) is 0. The highest BCUT2D eigenvalue weighted by atomic mass is 16.5. The molecule has 0 aliphatic carbocycles. The number of carbonyl (C=O) groups excluding carboxylic acids is 1. The average molecular weight is 356 g/mol. The molecule has 2 heterocycles. The molecule has 1 aromatic heterocycles. The van der Waals surface area contributed by atoms with E-state index in [1.54, 1.807) is 0 Å². The Hall–Kier alpha value is -2.50. The first-order valence-corrected chi connectivity index (χ1v) is 9.51. The predicted octanol–water partition coefficient (Wildman–Crippen LogP) is 4.01. The molecule has 1 fully saturated rings. The van der Waals surface area contributed by atoms with E-state index >= 15 is 0 Å². The van der Waals surface area contributed by atoms with E-state index < -0.39 is 0 Å². The Balaban J connectivity index is 1.42. The maximum absolute atomic E-state index is 12.5. The molecule has 3 rings (SSSR count). The number of hydrogen-bond acceptors (Lipinski definition) is 3. The molecule has 0 atom stereocenters. The number of amides is 2. The minimum Gasteiger partial charge on any atom is -0.494 e. The molecule has 26 heavy (non-hydrogen) atoms. The maximum Gasteiger partial charge on any atom is 0.321 e. The number of carbonyl (C=O) groups is 1. The van der Waals surface area contributed by atoms with Crippen LogP contribution < -0.4 is 10.1 Å².